The highest BCUT2D eigenvalue weighted by Crippen LogP contribution is 2.41. The van der Waals surface area contributed by atoms with Crippen LogP contribution >= 0.6 is 12.2 Å². The maximum Gasteiger partial charge on any atom is 0.235 e. The molecule has 1 aliphatic heterocycles. The van der Waals surface area contributed by atoms with Crippen LogP contribution in [0.5, 0.6) is 0 Å². The normalized spacial score (nSPS) is 26.8. The van der Waals surface area contributed by atoms with E-state index in [4.69, 9.17) is 18.0 Å². The summed E-state index contributed by atoms with van der Waals surface area (Å²) >= 11 is 5.19. The first-order valence-corrected chi connectivity index (χ1v) is 7.47. The SMILES string of the molecule is CC(C)C1CCN(C(=O)C2(C(N)=S)CCCC2)C1. The van der Waals surface area contributed by atoms with E-state index in [-0.39, 0.29) is 5.91 Å². The van der Waals surface area contributed by atoms with Gasteiger partial charge in [0.2, 0.25) is 5.91 Å². The zero-order chi connectivity index (χ0) is 13.3. The summed E-state index contributed by atoms with van der Waals surface area (Å²) in [5, 5.41) is 0. The predicted octanol–water partition coefficient (Wildman–Crippen LogP) is 2.34. The fraction of sp³-hybridized carbons (Fsp3) is 0.857. The van der Waals surface area contributed by atoms with Gasteiger partial charge in [0.05, 0.1) is 10.4 Å². The van der Waals surface area contributed by atoms with Crippen molar-refractivity contribution in [2.24, 2.45) is 23.0 Å². The molecule has 3 nitrogen and oxygen atoms in total. The minimum Gasteiger partial charge on any atom is -0.392 e. The van der Waals surface area contributed by atoms with E-state index in [2.05, 4.69) is 13.8 Å². The third-order valence-corrected chi connectivity index (χ3v) is 5.18. The van der Waals surface area contributed by atoms with Gasteiger partial charge < -0.3 is 10.6 Å². The highest BCUT2D eigenvalue weighted by atomic mass is 32.1. The molecule has 1 aliphatic carbocycles. The highest BCUT2D eigenvalue weighted by molar-refractivity contribution is 7.80. The lowest BCUT2D eigenvalue weighted by molar-refractivity contribution is -0.137. The second-order valence-electron chi connectivity index (χ2n) is 6.20. The molecule has 0 spiro atoms. The van der Waals surface area contributed by atoms with Crippen molar-refractivity contribution >= 4 is 23.1 Å². The smallest absolute Gasteiger partial charge is 0.235 e. The van der Waals surface area contributed by atoms with Crippen molar-refractivity contribution in [3.05, 3.63) is 0 Å². The van der Waals surface area contributed by atoms with Crippen LogP contribution < -0.4 is 5.73 Å². The van der Waals surface area contributed by atoms with Crippen molar-refractivity contribution in [2.75, 3.05) is 13.1 Å². The van der Waals surface area contributed by atoms with Crippen LogP contribution in [-0.2, 0) is 4.79 Å². The highest BCUT2D eigenvalue weighted by Gasteiger charge is 2.47. The molecule has 0 aromatic rings. The molecule has 102 valence electrons. The Hall–Kier alpha value is -0.640. The van der Waals surface area contributed by atoms with Crippen LogP contribution in [0.15, 0.2) is 0 Å². The second-order valence-corrected chi connectivity index (χ2v) is 6.64. The Morgan fingerprint density at radius 3 is 2.44 bits per heavy atom. The van der Waals surface area contributed by atoms with Gasteiger partial charge in [-0.3, -0.25) is 4.79 Å². The van der Waals surface area contributed by atoms with Gasteiger partial charge in [0, 0.05) is 13.1 Å². The fourth-order valence-electron chi connectivity index (χ4n) is 3.36. The van der Waals surface area contributed by atoms with Gasteiger partial charge in [0.25, 0.3) is 0 Å². The zero-order valence-electron chi connectivity index (χ0n) is 11.4. The Morgan fingerprint density at radius 1 is 1.39 bits per heavy atom. The molecule has 0 bridgehead atoms. The Kier molecular flexibility index (Phi) is 3.95. The van der Waals surface area contributed by atoms with Crippen LogP contribution in [0.1, 0.15) is 46.0 Å². The topological polar surface area (TPSA) is 46.3 Å². The molecular weight excluding hydrogens is 244 g/mol. The van der Waals surface area contributed by atoms with Crippen LogP contribution in [0.2, 0.25) is 0 Å². The average Bonchev–Trinajstić information content (AvgIpc) is 2.98. The van der Waals surface area contributed by atoms with Gasteiger partial charge >= 0.3 is 0 Å². The van der Waals surface area contributed by atoms with Gasteiger partial charge in [-0.2, -0.15) is 0 Å². The van der Waals surface area contributed by atoms with Crippen molar-refractivity contribution in [2.45, 2.75) is 46.0 Å². The summed E-state index contributed by atoms with van der Waals surface area (Å²) in [6, 6.07) is 0. The van der Waals surface area contributed by atoms with Crippen LogP contribution in [0.4, 0.5) is 0 Å². The van der Waals surface area contributed by atoms with E-state index >= 15 is 0 Å². The maximum atomic E-state index is 12.7. The largest absolute Gasteiger partial charge is 0.392 e. The van der Waals surface area contributed by atoms with Crippen molar-refractivity contribution in [3.8, 4) is 0 Å². The second kappa shape index (κ2) is 5.16. The van der Waals surface area contributed by atoms with Gasteiger partial charge in [-0.05, 0) is 31.1 Å². The van der Waals surface area contributed by atoms with Crippen molar-refractivity contribution in [3.63, 3.8) is 0 Å². The molecule has 0 radical (unpaired) electrons. The van der Waals surface area contributed by atoms with Gasteiger partial charge in [0.1, 0.15) is 0 Å². The van der Waals surface area contributed by atoms with E-state index in [0.717, 1.165) is 45.2 Å². The number of rotatable bonds is 3. The monoisotopic (exact) mass is 268 g/mol. The van der Waals surface area contributed by atoms with E-state index in [1.807, 2.05) is 4.90 Å². The third kappa shape index (κ3) is 2.27. The Bertz CT molecular complexity index is 348. The molecule has 1 amide bonds. The van der Waals surface area contributed by atoms with Crippen LogP contribution in [-0.4, -0.2) is 28.9 Å². The van der Waals surface area contributed by atoms with Gasteiger partial charge in [-0.25, -0.2) is 0 Å². The van der Waals surface area contributed by atoms with Crippen LogP contribution in [0.25, 0.3) is 0 Å². The number of nitrogens with two attached hydrogens (primary N) is 1. The number of carbonyl (C=O) groups is 1. The molecule has 2 aliphatic rings. The Morgan fingerprint density at radius 2 is 2.00 bits per heavy atom. The summed E-state index contributed by atoms with van der Waals surface area (Å²) in [5.74, 6) is 1.49. The Labute approximate surface area is 115 Å². The fourth-order valence-corrected chi connectivity index (χ4v) is 3.65. The third-order valence-electron chi connectivity index (χ3n) is 4.79. The van der Waals surface area contributed by atoms with Crippen molar-refractivity contribution in [1.82, 2.24) is 4.90 Å². The minimum atomic E-state index is -0.513. The van der Waals surface area contributed by atoms with E-state index in [1.165, 1.54) is 0 Å². The van der Waals surface area contributed by atoms with Crippen molar-refractivity contribution in [1.29, 1.82) is 0 Å². The van der Waals surface area contributed by atoms with Gasteiger partial charge in [0.15, 0.2) is 0 Å². The molecule has 0 aromatic heterocycles. The lowest BCUT2D eigenvalue weighted by atomic mass is 9.84. The summed E-state index contributed by atoms with van der Waals surface area (Å²) in [6.45, 7) is 6.24. The molecule has 1 unspecified atom stereocenters. The Balaban J connectivity index is 2.09. The van der Waals surface area contributed by atoms with Crippen molar-refractivity contribution < 1.29 is 4.79 Å². The summed E-state index contributed by atoms with van der Waals surface area (Å²) in [6.07, 6.45) is 4.97. The first-order valence-electron chi connectivity index (χ1n) is 7.06. The van der Waals surface area contributed by atoms with Crippen LogP contribution in [0, 0.1) is 17.3 Å². The number of hydrogen-bond acceptors (Lipinski definition) is 2. The molecule has 2 N–H and O–H groups in total. The standard InChI is InChI=1S/C14H24N2OS/c1-10(2)11-5-8-16(9-11)13(17)14(12(15)18)6-3-4-7-14/h10-11H,3-9H2,1-2H3,(H2,15,18). The molecule has 1 saturated carbocycles. The van der Waals surface area contributed by atoms with E-state index in [9.17, 15) is 4.79 Å². The zero-order valence-corrected chi connectivity index (χ0v) is 12.3. The van der Waals surface area contributed by atoms with Crippen LogP contribution in [0.3, 0.4) is 0 Å². The number of likely N-dealkylation sites (tertiary alicyclic amines) is 1. The first kappa shape index (κ1) is 13.8. The number of amides is 1. The summed E-state index contributed by atoms with van der Waals surface area (Å²) in [5.41, 5.74) is 5.37. The van der Waals surface area contributed by atoms with E-state index in [1.54, 1.807) is 0 Å². The molecule has 18 heavy (non-hydrogen) atoms. The lowest BCUT2D eigenvalue weighted by Crippen LogP contribution is -2.48. The van der Waals surface area contributed by atoms with Gasteiger partial charge in [-0.15, -0.1) is 0 Å². The molecule has 1 saturated heterocycles. The lowest BCUT2D eigenvalue weighted by Gasteiger charge is -2.31. The molecule has 0 aromatic carbocycles. The average molecular weight is 268 g/mol. The quantitative estimate of drug-likeness (QED) is 0.799. The summed E-state index contributed by atoms with van der Waals surface area (Å²) in [7, 11) is 0. The molecule has 1 heterocycles. The van der Waals surface area contributed by atoms with E-state index < -0.39 is 5.41 Å². The summed E-state index contributed by atoms with van der Waals surface area (Å²) in [4.78, 5) is 15.2. The molecular formula is C14H24N2OS. The van der Waals surface area contributed by atoms with E-state index in [0.29, 0.717) is 16.8 Å². The maximum absolute atomic E-state index is 12.7. The molecule has 2 rings (SSSR count). The predicted molar refractivity (Wildman–Crippen MR) is 77.2 cm³/mol. The summed E-state index contributed by atoms with van der Waals surface area (Å²) < 4.78 is 0. The molecule has 2 fully saturated rings. The number of carbonyl (C=O) groups excluding carboxylic acids is 1. The molecule has 4 heteroatoms. The first-order chi connectivity index (χ1) is 8.47. The van der Waals surface area contributed by atoms with Gasteiger partial charge in [-0.1, -0.05) is 38.9 Å². The number of nitrogens with zero attached hydrogens (tertiary/aromatic N) is 1. The molecule has 1 atom stereocenters. The number of hydrogen-bond donors (Lipinski definition) is 1. The minimum absolute atomic E-state index is 0.204. The number of thiocarbonyl (C=S) groups is 1.